The number of benzene rings is 1. The molecule has 0 spiro atoms. The molecule has 1 aromatic heterocycles. The van der Waals surface area contributed by atoms with Crippen molar-refractivity contribution in [2.24, 2.45) is 0 Å². The highest BCUT2D eigenvalue weighted by Crippen LogP contribution is 2.19. The van der Waals surface area contributed by atoms with Gasteiger partial charge in [-0.05, 0) is 56.2 Å². The van der Waals surface area contributed by atoms with Gasteiger partial charge < -0.3 is 5.11 Å². The molecule has 1 unspecified atom stereocenters. The second-order valence-corrected chi connectivity index (χ2v) is 6.70. The van der Waals surface area contributed by atoms with Crippen molar-refractivity contribution < 1.29 is 13.5 Å². The van der Waals surface area contributed by atoms with Crippen molar-refractivity contribution in [2.45, 2.75) is 31.8 Å². The van der Waals surface area contributed by atoms with Crippen LogP contribution in [0.5, 0.6) is 0 Å². The van der Waals surface area contributed by atoms with E-state index < -0.39 is 16.1 Å². The zero-order valence-corrected chi connectivity index (χ0v) is 13.0. The molecule has 0 saturated carbocycles. The van der Waals surface area contributed by atoms with E-state index in [1.807, 2.05) is 19.9 Å². The number of pyridine rings is 1. The van der Waals surface area contributed by atoms with Crippen molar-refractivity contribution in [1.29, 1.82) is 0 Å². The quantitative estimate of drug-likeness (QED) is 0.910. The van der Waals surface area contributed by atoms with Crippen molar-refractivity contribution in [3.8, 4) is 0 Å². The molecule has 0 aliphatic carbocycles. The third-order valence-electron chi connectivity index (χ3n) is 3.01. The summed E-state index contributed by atoms with van der Waals surface area (Å²) in [4.78, 5) is 4.29. The van der Waals surface area contributed by atoms with Gasteiger partial charge >= 0.3 is 0 Å². The van der Waals surface area contributed by atoms with Crippen molar-refractivity contribution in [3.05, 3.63) is 53.2 Å². The number of sulfonamides is 1. The molecule has 0 radical (unpaired) electrons. The van der Waals surface area contributed by atoms with Gasteiger partial charge in [-0.15, -0.1) is 0 Å². The van der Waals surface area contributed by atoms with Crippen LogP contribution in [0, 0.1) is 13.8 Å². The number of aliphatic hydroxyl groups excluding tert-OH is 1. The van der Waals surface area contributed by atoms with Gasteiger partial charge in [0.15, 0.2) is 0 Å². The van der Waals surface area contributed by atoms with Gasteiger partial charge in [-0.1, -0.05) is 12.1 Å². The van der Waals surface area contributed by atoms with Gasteiger partial charge in [-0.3, -0.25) is 4.72 Å². The average Bonchev–Trinajstić information content (AvgIpc) is 2.37. The lowest BCUT2D eigenvalue weighted by Gasteiger charge is -2.10. The number of hydrogen-bond acceptors (Lipinski definition) is 4. The average molecular weight is 306 g/mol. The van der Waals surface area contributed by atoms with E-state index in [0.29, 0.717) is 11.4 Å². The minimum Gasteiger partial charge on any atom is -0.389 e. The first-order valence-corrected chi connectivity index (χ1v) is 8.02. The van der Waals surface area contributed by atoms with E-state index in [0.717, 1.165) is 11.3 Å². The molecule has 21 heavy (non-hydrogen) atoms. The van der Waals surface area contributed by atoms with Crippen molar-refractivity contribution in [2.75, 3.05) is 4.72 Å². The summed E-state index contributed by atoms with van der Waals surface area (Å²) in [7, 11) is -3.68. The van der Waals surface area contributed by atoms with Gasteiger partial charge in [0.25, 0.3) is 10.0 Å². The Morgan fingerprint density at radius 3 is 2.29 bits per heavy atom. The van der Waals surface area contributed by atoms with E-state index in [2.05, 4.69) is 9.71 Å². The number of nitrogens with one attached hydrogen (secondary N) is 1. The highest BCUT2D eigenvalue weighted by Gasteiger charge is 2.15. The van der Waals surface area contributed by atoms with Crippen LogP contribution in [0.2, 0.25) is 0 Å². The maximum Gasteiger partial charge on any atom is 0.263 e. The molecule has 0 bridgehead atoms. The first-order chi connectivity index (χ1) is 9.78. The summed E-state index contributed by atoms with van der Waals surface area (Å²) in [6.45, 7) is 5.31. The van der Waals surface area contributed by atoms with Gasteiger partial charge in [-0.25, -0.2) is 13.4 Å². The van der Waals surface area contributed by atoms with Crippen molar-refractivity contribution in [3.63, 3.8) is 0 Å². The smallest absolute Gasteiger partial charge is 0.263 e. The van der Waals surface area contributed by atoms with Crippen LogP contribution in [-0.4, -0.2) is 18.5 Å². The monoisotopic (exact) mass is 306 g/mol. The summed E-state index contributed by atoms with van der Waals surface area (Å²) in [5.74, 6) is 0.298. The Morgan fingerprint density at radius 1 is 1.14 bits per heavy atom. The maximum absolute atomic E-state index is 12.3. The Balaban J connectivity index is 2.29. The van der Waals surface area contributed by atoms with Crippen LogP contribution in [0.1, 0.15) is 29.8 Å². The van der Waals surface area contributed by atoms with E-state index in [1.54, 1.807) is 25.1 Å². The molecule has 6 heteroatoms. The van der Waals surface area contributed by atoms with Crippen LogP contribution >= 0.6 is 0 Å². The summed E-state index contributed by atoms with van der Waals surface area (Å²) >= 11 is 0. The molecule has 0 amide bonds. The molecule has 2 aromatic rings. The summed E-state index contributed by atoms with van der Waals surface area (Å²) in [6.07, 6.45) is -0.629. The fourth-order valence-corrected chi connectivity index (χ4v) is 3.01. The van der Waals surface area contributed by atoms with Crippen LogP contribution in [0.15, 0.2) is 41.3 Å². The van der Waals surface area contributed by atoms with Crippen LogP contribution in [0.3, 0.4) is 0 Å². The number of anilines is 1. The highest BCUT2D eigenvalue weighted by atomic mass is 32.2. The molecule has 0 fully saturated rings. The molecule has 112 valence electrons. The number of nitrogens with zero attached hydrogens (tertiary/aromatic N) is 1. The minimum absolute atomic E-state index is 0.132. The fraction of sp³-hybridized carbons (Fsp3) is 0.267. The summed E-state index contributed by atoms with van der Waals surface area (Å²) < 4.78 is 27.0. The van der Waals surface area contributed by atoms with E-state index >= 15 is 0 Å². The first kappa shape index (κ1) is 15.5. The van der Waals surface area contributed by atoms with Gasteiger partial charge in [0, 0.05) is 5.69 Å². The molecule has 0 saturated heterocycles. The Morgan fingerprint density at radius 2 is 1.76 bits per heavy atom. The topological polar surface area (TPSA) is 79.3 Å². The lowest BCUT2D eigenvalue weighted by molar-refractivity contribution is 0.199. The van der Waals surface area contributed by atoms with Crippen LogP contribution < -0.4 is 4.72 Å². The SMILES string of the molecule is Cc1cc(C)nc(NS(=O)(=O)c2ccc(C(C)O)cc2)c1. The highest BCUT2D eigenvalue weighted by molar-refractivity contribution is 7.92. The van der Waals surface area contributed by atoms with Crippen LogP contribution in [0.25, 0.3) is 0 Å². The molecule has 5 nitrogen and oxygen atoms in total. The Hall–Kier alpha value is -1.92. The fourth-order valence-electron chi connectivity index (χ4n) is 2.02. The third kappa shape index (κ3) is 3.80. The Kier molecular flexibility index (Phi) is 4.29. The Labute approximate surface area is 124 Å². The zero-order valence-electron chi connectivity index (χ0n) is 12.2. The van der Waals surface area contributed by atoms with Gasteiger partial charge in [0.05, 0.1) is 11.0 Å². The van der Waals surface area contributed by atoms with E-state index in [-0.39, 0.29) is 4.90 Å². The molecule has 1 heterocycles. The standard InChI is InChI=1S/C15H18N2O3S/c1-10-8-11(2)16-15(9-10)17-21(19,20)14-6-4-13(5-7-14)12(3)18/h4-9,12,18H,1-3H3,(H,16,17). The van der Waals surface area contributed by atoms with Crippen LogP contribution in [0.4, 0.5) is 5.82 Å². The summed E-state index contributed by atoms with van der Waals surface area (Å²) in [5, 5.41) is 9.44. The number of aryl methyl sites for hydroxylation is 2. The molecule has 2 rings (SSSR count). The van der Waals surface area contributed by atoms with E-state index in [4.69, 9.17) is 0 Å². The second kappa shape index (κ2) is 5.83. The predicted molar refractivity (Wildman–Crippen MR) is 81.6 cm³/mol. The van der Waals surface area contributed by atoms with Crippen molar-refractivity contribution >= 4 is 15.8 Å². The number of hydrogen-bond donors (Lipinski definition) is 2. The largest absolute Gasteiger partial charge is 0.389 e. The number of aromatic nitrogens is 1. The van der Waals surface area contributed by atoms with E-state index in [9.17, 15) is 13.5 Å². The first-order valence-electron chi connectivity index (χ1n) is 6.54. The summed E-state index contributed by atoms with van der Waals surface area (Å²) in [5.41, 5.74) is 2.35. The van der Waals surface area contributed by atoms with Crippen LogP contribution in [-0.2, 0) is 10.0 Å². The van der Waals surface area contributed by atoms with Gasteiger partial charge in [0.1, 0.15) is 5.82 Å². The zero-order chi connectivity index (χ0) is 15.6. The number of rotatable bonds is 4. The normalized spacial score (nSPS) is 13.0. The lowest BCUT2D eigenvalue weighted by atomic mass is 10.1. The molecular formula is C15H18N2O3S. The van der Waals surface area contributed by atoms with Crippen molar-refractivity contribution in [1.82, 2.24) is 4.98 Å². The number of aliphatic hydroxyl groups is 1. The molecule has 2 N–H and O–H groups in total. The second-order valence-electron chi connectivity index (χ2n) is 5.02. The van der Waals surface area contributed by atoms with E-state index in [1.165, 1.54) is 12.1 Å². The molecular weight excluding hydrogens is 288 g/mol. The Bertz CT molecular complexity index is 718. The van der Waals surface area contributed by atoms with Gasteiger partial charge in [0.2, 0.25) is 0 Å². The minimum atomic E-state index is -3.68. The molecule has 1 aromatic carbocycles. The molecule has 0 aliphatic heterocycles. The molecule has 0 aliphatic rings. The third-order valence-corrected chi connectivity index (χ3v) is 4.38. The molecule has 1 atom stereocenters. The maximum atomic E-state index is 12.3. The lowest BCUT2D eigenvalue weighted by Crippen LogP contribution is -2.14. The predicted octanol–water partition coefficient (Wildman–Crippen LogP) is 2.55. The van der Waals surface area contributed by atoms with Gasteiger partial charge in [-0.2, -0.15) is 0 Å². The summed E-state index contributed by atoms with van der Waals surface area (Å²) in [6, 6.07) is 9.66.